The number of fused-ring (bicyclic) bond motifs is 12. The van der Waals surface area contributed by atoms with Gasteiger partial charge in [0.1, 0.15) is 0 Å². The summed E-state index contributed by atoms with van der Waals surface area (Å²) < 4.78 is 0. The first-order valence-electron chi connectivity index (χ1n) is 40.0. The van der Waals surface area contributed by atoms with Crippen molar-refractivity contribution in [2.24, 2.45) is 0 Å². The molecule has 2 aromatic carbocycles. The van der Waals surface area contributed by atoms with E-state index >= 15 is 0 Å². The largest absolute Gasteiger partial charge is 0.354 e. The van der Waals surface area contributed by atoms with Gasteiger partial charge in [-0.3, -0.25) is 0 Å². The van der Waals surface area contributed by atoms with Crippen molar-refractivity contribution >= 4 is 57.5 Å². The molecule has 5 aromatic rings. The van der Waals surface area contributed by atoms with Crippen LogP contribution in [0.1, 0.15) is 256 Å². The number of aromatic nitrogens is 4. The van der Waals surface area contributed by atoms with Gasteiger partial charge in [0.2, 0.25) is 0 Å². The summed E-state index contributed by atoms with van der Waals surface area (Å²) in [5.74, 6) is 0. The highest BCUT2D eigenvalue weighted by atomic mass is 14.8. The SMILES string of the molecule is CC(C)(C)c1ccc2c(C(c3cc(C(C)(C)C)c4ccc(C(C)(C)C)ccc3-4)=c3c4nc(c(-c5ccccc5)c5ccc([nH]5)c(=C(c5cc(C(C)(C)C)c6ccc(C(C)(C)C)ccc5-6)c5cc(C(C)(C)C)c6ccc(C(C)(C)C)ccc5-6)c5nc(c(-c6ccccc6)c6ccc3[nH]6)C=C5)C=C4)cc(C(C)(C)C)c-2cc1. The van der Waals surface area contributed by atoms with E-state index in [-0.39, 0.29) is 43.3 Å². The van der Waals surface area contributed by atoms with E-state index in [1.165, 1.54) is 111 Å². The van der Waals surface area contributed by atoms with Gasteiger partial charge in [-0.1, -0.05) is 324 Å². The Morgan fingerprint density at radius 3 is 0.691 bits per heavy atom. The molecule has 10 aliphatic rings. The molecule has 8 aliphatic carbocycles. The summed E-state index contributed by atoms with van der Waals surface area (Å²) in [5.41, 5.74) is 37.1. The van der Waals surface area contributed by atoms with Crippen LogP contribution in [0.4, 0.5) is 0 Å². The van der Waals surface area contributed by atoms with E-state index in [2.05, 4.69) is 407 Å². The summed E-state index contributed by atoms with van der Waals surface area (Å²) in [6.07, 6.45) is 9.14. The predicted molar refractivity (Wildman–Crippen MR) is 474 cm³/mol. The Labute approximate surface area is 655 Å². The Kier molecular flexibility index (Phi) is 18.2. The fourth-order valence-corrected chi connectivity index (χ4v) is 17.1. The highest BCUT2D eigenvalue weighted by molar-refractivity contribution is 6.04. The zero-order valence-corrected chi connectivity index (χ0v) is 69.8. The second kappa shape index (κ2) is 26.7. The molecule has 0 atom stereocenters. The van der Waals surface area contributed by atoms with Gasteiger partial charge in [-0.15, -0.1) is 0 Å². The van der Waals surface area contributed by atoms with Gasteiger partial charge in [-0.25, -0.2) is 9.97 Å². The van der Waals surface area contributed by atoms with E-state index in [1.807, 2.05) is 0 Å². The van der Waals surface area contributed by atoms with E-state index in [0.29, 0.717) is 0 Å². The number of hydrogen-bond acceptors (Lipinski definition) is 2. The molecule has 0 saturated heterocycles. The number of hydrogen-bond donors (Lipinski definition) is 2. The van der Waals surface area contributed by atoms with Gasteiger partial charge in [0.05, 0.1) is 22.8 Å². The highest BCUT2D eigenvalue weighted by Gasteiger charge is 2.36. The molecule has 556 valence electrons. The molecule has 0 spiro atoms. The van der Waals surface area contributed by atoms with Crippen LogP contribution in [0, 0.1) is 0 Å². The monoisotopic (exact) mass is 1440 g/mol. The summed E-state index contributed by atoms with van der Waals surface area (Å²) in [5, 5.41) is 2.02. The lowest BCUT2D eigenvalue weighted by Crippen LogP contribution is -2.14. The minimum atomic E-state index is -0.219. The summed E-state index contributed by atoms with van der Waals surface area (Å²) in [4.78, 5) is 20.9. The van der Waals surface area contributed by atoms with Gasteiger partial charge in [-0.2, -0.15) is 0 Å². The third-order valence-corrected chi connectivity index (χ3v) is 23.2. The van der Waals surface area contributed by atoms with E-state index < -0.39 is 0 Å². The molecular formula is C106H112N4. The minimum absolute atomic E-state index is 0.0902. The number of H-pyrrole nitrogens is 2. The van der Waals surface area contributed by atoms with Gasteiger partial charge in [0.25, 0.3) is 0 Å². The first kappa shape index (κ1) is 75.0. The topological polar surface area (TPSA) is 57.4 Å². The van der Waals surface area contributed by atoms with Crippen molar-refractivity contribution < 1.29 is 0 Å². The van der Waals surface area contributed by atoms with E-state index in [1.54, 1.807) is 0 Å². The summed E-state index contributed by atoms with van der Waals surface area (Å²) >= 11 is 0. The van der Waals surface area contributed by atoms with Crippen molar-refractivity contribution in [3.63, 3.8) is 0 Å². The molecule has 0 fully saturated rings. The van der Waals surface area contributed by atoms with Crippen LogP contribution in [0.3, 0.4) is 0 Å². The normalized spacial score (nSPS) is 13.4. The molecule has 4 heteroatoms. The molecule has 15 rings (SSSR count). The fourth-order valence-electron chi connectivity index (χ4n) is 17.1. The molecule has 5 heterocycles. The van der Waals surface area contributed by atoms with E-state index in [9.17, 15) is 0 Å². The Hall–Kier alpha value is -10.4. The quantitative estimate of drug-likeness (QED) is 0.174. The average molecular weight is 1440 g/mol. The smallest absolute Gasteiger partial charge is 0.0737 e. The van der Waals surface area contributed by atoms with Gasteiger partial charge in [0, 0.05) is 54.8 Å². The van der Waals surface area contributed by atoms with Crippen LogP contribution in [0.25, 0.3) is 124 Å². The number of rotatable bonds is 6. The molecule has 0 radical (unpaired) electrons. The highest BCUT2D eigenvalue weighted by Crippen LogP contribution is 2.52. The lowest BCUT2D eigenvalue weighted by atomic mass is 9.85. The lowest BCUT2D eigenvalue weighted by molar-refractivity contribution is 0.590. The summed E-state index contributed by atoms with van der Waals surface area (Å²) in [6, 6.07) is 79.5. The summed E-state index contributed by atoms with van der Waals surface area (Å²) in [6.45, 7) is 56.3. The van der Waals surface area contributed by atoms with Crippen LogP contribution in [-0.4, -0.2) is 19.9 Å². The molecular weight excluding hydrogens is 1330 g/mol. The van der Waals surface area contributed by atoms with Gasteiger partial charge >= 0.3 is 0 Å². The van der Waals surface area contributed by atoms with Crippen molar-refractivity contribution in [2.45, 2.75) is 209 Å². The molecule has 0 saturated carbocycles. The second-order valence-corrected chi connectivity index (χ2v) is 39.7. The average Bonchev–Trinajstić information content (AvgIpc) is 1.57. The van der Waals surface area contributed by atoms with E-state index in [0.717, 1.165) is 88.7 Å². The third kappa shape index (κ3) is 13.7. The van der Waals surface area contributed by atoms with Gasteiger partial charge in [-0.05, 0) is 239 Å². The van der Waals surface area contributed by atoms with Crippen LogP contribution >= 0.6 is 0 Å². The maximum absolute atomic E-state index is 6.16. The minimum Gasteiger partial charge on any atom is -0.354 e. The van der Waals surface area contributed by atoms with E-state index in [4.69, 9.17) is 9.97 Å². The Bertz CT molecular complexity index is 5460. The van der Waals surface area contributed by atoms with Crippen LogP contribution in [0.2, 0.25) is 0 Å². The van der Waals surface area contributed by atoms with Crippen molar-refractivity contribution in [3.05, 3.63) is 306 Å². The Morgan fingerprint density at radius 1 is 0.227 bits per heavy atom. The first-order chi connectivity index (χ1) is 51.6. The molecule has 2 N–H and O–H groups in total. The Balaban J connectivity index is 1.21. The van der Waals surface area contributed by atoms with Crippen molar-refractivity contribution in [2.75, 3.05) is 0 Å². The van der Waals surface area contributed by atoms with Gasteiger partial charge in [0.15, 0.2) is 0 Å². The third-order valence-electron chi connectivity index (χ3n) is 23.2. The van der Waals surface area contributed by atoms with Crippen LogP contribution in [-0.2, 0) is 43.3 Å². The molecule has 110 heavy (non-hydrogen) atoms. The van der Waals surface area contributed by atoms with Crippen molar-refractivity contribution in [1.82, 2.24) is 19.9 Å². The van der Waals surface area contributed by atoms with Crippen LogP contribution in [0.5, 0.6) is 0 Å². The van der Waals surface area contributed by atoms with Crippen molar-refractivity contribution in [1.29, 1.82) is 0 Å². The molecule has 0 amide bonds. The molecule has 2 aliphatic heterocycles. The number of aromatic amines is 2. The maximum atomic E-state index is 6.16. The number of nitrogens with zero attached hydrogens (tertiary/aromatic N) is 2. The standard InChI is InChI=1S/C106H112N4/c1-99(2,3)65-35-43-69-73(47-39-65)81(103(13,14)15)59-77(69)95(78-60-82(104(16,17)18)74-48-40-66(100(4,5)6)36-44-70(74)78)97-89-55-51-85(107-89)93(63-31-27-25-28-32-63)87-53-57-91(109-87)98(92-58-54-88(110-92)94(64-33-29-26-30-34-64)86-52-56-90(97)108-86)96(79-61-83(105(19,20)21)75-49-41-67(101(7,8)9)37-45-71(75)79)80-62-84(106(22,23)24)76-50-42-68(102(10,11)12)38-46-72(76)80/h25-62,107,110H,1-24H3. The molecule has 0 unspecified atom stereocenters. The summed E-state index contributed by atoms with van der Waals surface area (Å²) in [7, 11) is 0. The molecule has 4 nitrogen and oxygen atoms in total. The predicted octanol–water partition coefficient (Wildman–Crippen LogP) is 27.3. The Morgan fingerprint density at radius 2 is 0.455 bits per heavy atom. The number of benzene rings is 2. The zero-order valence-electron chi connectivity index (χ0n) is 69.8. The zero-order chi connectivity index (χ0) is 78.5. The first-order valence-corrected chi connectivity index (χ1v) is 40.0. The maximum Gasteiger partial charge on any atom is 0.0737 e. The molecule has 8 bridgehead atoms. The lowest BCUT2D eigenvalue weighted by Gasteiger charge is -2.19. The second-order valence-electron chi connectivity index (χ2n) is 39.7. The van der Waals surface area contributed by atoms with Crippen molar-refractivity contribution in [3.8, 4) is 66.8 Å². The fraction of sp³-hybridized carbons (Fsp3) is 0.302. The number of nitrogens with one attached hydrogen (secondary N) is 2. The van der Waals surface area contributed by atoms with Crippen LogP contribution in [0.15, 0.2) is 206 Å². The van der Waals surface area contributed by atoms with Gasteiger partial charge < -0.3 is 9.97 Å². The van der Waals surface area contributed by atoms with Crippen LogP contribution < -0.4 is 10.4 Å². The molecule has 3 aromatic heterocycles.